The molecule has 1 aliphatic rings. The number of aromatic nitrogens is 2. The van der Waals surface area contributed by atoms with E-state index in [-0.39, 0.29) is 6.04 Å². The van der Waals surface area contributed by atoms with Gasteiger partial charge in [0.25, 0.3) is 0 Å². The van der Waals surface area contributed by atoms with Gasteiger partial charge in [0.2, 0.25) is 5.95 Å². The number of hydrogen-bond donors (Lipinski definition) is 1. The molecule has 1 saturated heterocycles. The topological polar surface area (TPSA) is 41.1 Å². The standard InChI is InChI=1S/C25H26N4/c1-18(20-14-13-19-9-3-4-10-21(19)17-20)26-24-22-11-5-6-12-23(22)27-25(28-24)29-15-7-2-8-16-29/h3-6,9-14,17-18H,2,7-8,15-16H2,1H3,(H,26,27,28)/t18-/m1/s1. The Morgan fingerprint density at radius 2 is 1.59 bits per heavy atom. The average Bonchev–Trinajstić information content (AvgIpc) is 2.79. The minimum Gasteiger partial charge on any atom is -0.363 e. The summed E-state index contributed by atoms with van der Waals surface area (Å²) in [6.45, 7) is 4.28. The Morgan fingerprint density at radius 3 is 2.45 bits per heavy atom. The minimum absolute atomic E-state index is 0.145. The number of hydrogen-bond acceptors (Lipinski definition) is 4. The summed E-state index contributed by atoms with van der Waals surface area (Å²) in [7, 11) is 0. The van der Waals surface area contributed by atoms with Gasteiger partial charge in [0.15, 0.2) is 0 Å². The number of benzene rings is 3. The van der Waals surface area contributed by atoms with Crippen molar-refractivity contribution in [3.8, 4) is 0 Å². The van der Waals surface area contributed by atoms with Crippen LogP contribution >= 0.6 is 0 Å². The van der Waals surface area contributed by atoms with E-state index >= 15 is 0 Å². The normalized spacial score (nSPS) is 15.6. The molecule has 0 radical (unpaired) electrons. The van der Waals surface area contributed by atoms with E-state index < -0.39 is 0 Å². The lowest BCUT2D eigenvalue weighted by Crippen LogP contribution is -2.31. The highest BCUT2D eigenvalue weighted by Gasteiger charge is 2.17. The molecule has 0 amide bonds. The van der Waals surface area contributed by atoms with Crippen molar-refractivity contribution >= 4 is 33.4 Å². The van der Waals surface area contributed by atoms with Gasteiger partial charge in [-0.2, -0.15) is 4.98 Å². The summed E-state index contributed by atoms with van der Waals surface area (Å²) in [6, 6.07) is 23.6. The number of fused-ring (bicyclic) bond motifs is 2. The van der Waals surface area contributed by atoms with Crippen LogP contribution in [0.1, 0.15) is 37.8 Å². The quantitative estimate of drug-likeness (QED) is 0.474. The van der Waals surface area contributed by atoms with E-state index in [0.717, 1.165) is 35.8 Å². The lowest BCUT2D eigenvalue weighted by Gasteiger charge is -2.27. The molecule has 1 aliphatic heterocycles. The SMILES string of the molecule is C[C@@H](Nc1nc(N2CCCCC2)nc2ccccc12)c1ccc2ccccc2c1. The monoisotopic (exact) mass is 382 g/mol. The maximum atomic E-state index is 4.96. The molecular formula is C25H26N4. The largest absolute Gasteiger partial charge is 0.363 e. The number of nitrogens with one attached hydrogen (secondary N) is 1. The molecule has 29 heavy (non-hydrogen) atoms. The molecule has 0 saturated carbocycles. The second kappa shape index (κ2) is 7.70. The summed E-state index contributed by atoms with van der Waals surface area (Å²) >= 11 is 0. The smallest absolute Gasteiger partial charge is 0.227 e. The van der Waals surface area contributed by atoms with Crippen LogP contribution in [0.25, 0.3) is 21.7 Å². The van der Waals surface area contributed by atoms with Crippen LogP contribution in [0.15, 0.2) is 66.7 Å². The van der Waals surface area contributed by atoms with Gasteiger partial charge in [-0.05, 0) is 60.7 Å². The number of para-hydroxylation sites is 1. The first-order valence-electron chi connectivity index (χ1n) is 10.5. The van der Waals surface area contributed by atoms with Gasteiger partial charge >= 0.3 is 0 Å². The molecule has 1 aromatic heterocycles. The first-order valence-corrected chi connectivity index (χ1v) is 10.5. The molecule has 1 atom stereocenters. The number of piperidine rings is 1. The third kappa shape index (κ3) is 3.63. The molecular weight excluding hydrogens is 356 g/mol. The van der Waals surface area contributed by atoms with E-state index in [1.54, 1.807) is 0 Å². The van der Waals surface area contributed by atoms with Crippen molar-refractivity contribution in [3.05, 3.63) is 72.3 Å². The van der Waals surface area contributed by atoms with Gasteiger partial charge in [0, 0.05) is 24.5 Å². The lowest BCUT2D eigenvalue weighted by atomic mass is 10.0. The Kier molecular flexibility index (Phi) is 4.76. The maximum absolute atomic E-state index is 4.96. The summed E-state index contributed by atoms with van der Waals surface area (Å²) in [5, 5.41) is 7.27. The third-order valence-electron chi connectivity index (χ3n) is 5.86. The zero-order valence-corrected chi connectivity index (χ0v) is 16.8. The molecule has 0 spiro atoms. The molecule has 4 nitrogen and oxygen atoms in total. The highest BCUT2D eigenvalue weighted by atomic mass is 15.3. The molecule has 4 aromatic rings. The molecule has 1 fully saturated rings. The predicted octanol–water partition coefficient (Wildman–Crippen LogP) is 5.95. The molecule has 0 unspecified atom stereocenters. The van der Waals surface area contributed by atoms with E-state index in [9.17, 15) is 0 Å². The Balaban J connectivity index is 1.50. The minimum atomic E-state index is 0.145. The number of nitrogens with zero attached hydrogens (tertiary/aromatic N) is 3. The van der Waals surface area contributed by atoms with Gasteiger partial charge in [-0.1, -0.05) is 48.5 Å². The van der Waals surface area contributed by atoms with Crippen molar-refractivity contribution in [3.63, 3.8) is 0 Å². The number of anilines is 2. The molecule has 2 heterocycles. The molecule has 1 N–H and O–H groups in total. The Labute approximate surface area is 171 Å². The summed E-state index contributed by atoms with van der Waals surface area (Å²) in [6.07, 6.45) is 3.73. The highest BCUT2D eigenvalue weighted by molar-refractivity contribution is 5.90. The van der Waals surface area contributed by atoms with Crippen LogP contribution in [-0.2, 0) is 0 Å². The second-order valence-electron chi connectivity index (χ2n) is 7.91. The van der Waals surface area contributed by atoms with Crippen molar-refractivity contribution in [2.75, 3.05) is 23.3 Å². The van der Waals surface area contributed by atoms with Gasteiger partial charge in [-0.15, -0.1) is 0 Å². The first-order chi connectivity index (χ1) is 14.3. The zero-order valence-electron chi connectivity index (χ0n) is 16.8. The van der Waals surface area contributed by atoms with Crippen molar-refractivity contribution in [2.24, 2.45) is 0 Å². The van der Waals surface area contributed by atoms with Gasteiger partial charge in [-0.25, -0.2) is 4.98 Å². The molecule has 4 heteroatoms. The van der Waals surface area contributed by atoms with Crippen molar-refractivity contribution < 1.29 is 0 Å². The van der Waals surface area contributed by atoms with Crippen molar-refractivity contribution in [1.82, 2.24) is 9.97 Å². The van der Waals surface area contributed by atoms with Crippen LogP contribution < -0.4 is 10.2 Å². The van der Waals surface area contributed by atoms with E-state index in [4.69, 9.17) is 9.97 Å². The fourth-order valence-corrected chi connectivity index (χ4v) is 4.18. The molecule has 0 aliphatic carbocycles. The summed E-state index contributed by atoms with van der Waals surface area (Å²) in [5.74, 6) is 1.76. The summed E-state index contributed by atoms with van der Waals surface area (Å²) in [4.78, 5) is 12.1. The number of rotatable bonds is 4. The molecule has 0 bridgehead atoms. The van der Waals surface area contributed by atoms with Gasteiger partial charge in [0.05, 0.1) is 5.52 Å². The third-order valence-corrected chi connectivity index (χ3v) is 5.86. The van der Waals surface area contributed by atoms with Crippen LogP contribution in [0, 0.1) is 0 Å². The average molecular weight is 383 g/mol. The van der Waals surface area contributed by atoms with E-state index in [0.29, 0.717) is 0 Å². The van der Waals surface area contributed by atoms with Crippen LogP contribution in [0.4, 0.5) is 11.8 Å². The van der Waals surface area contributed by atoms with Crippen molar-refractivity contribution in [2.45, 2.75) is 32.2 Å². The molecule has 5 rings (SSSR count). The van der Waals surface area contributed by atoms with Gasteiger partial charge in [-0.3, -0.25) is 0 Å². The summed E-state index contributed by atoms with van der Waals surface area (Å²) < 4.78 is 0. The summed E-state index contributed by atoms with van der Waals surface area (Å²) in [5.41, 5.74) is 2.25. The Hall–Kier alpha value is -3.14. The fourth-order valence-electron chi connectivity index (χ4n) is 4.18. The highest BCUT2D eigenvalue weighted by Crippen LogP contribution is 2.29. The molecule has 146 valence electrons. The predicted molar refractivity (Wildman–Crippen MR) is 122 cm³/mol. The van der Waals surface area contributed by atoms with Crippen LogP contribution in [0.3, 0.4) is 0 Å². The second-order valence-corrected chi connectivity index (χ2v) is 7.91. The van der Waals surface area contributed by atoms with E-state index in [1.165, 1.54) is 35.6 Å². The Morgan fingerprint density at radius 1 is 0.828 bits per heavy atom. The zero-order chi connectivity index (χ0) is 19.6. The van der Waals surface area contributed by atoms with Crippen LogP contribution in [0.5, 0.6) is 0 Å². The maximum Gasteiger partial charge on any atom is 0.227 e. The van der Waals surface area contributed by atoms with Crippen LogP contribution in [0.2, 0.25) is 0 Å². The van der Waals surface area contributed by atoms with E-state index in [2.05, 4.69) is 77.8 Å². The fraction of sp³-hybridized carbons (Fsp3) is 0.280. The van der Waals surface area contributed by atoms with E-state index in [1.807, 2.05) is 6.07 Å². The Bertz CT molecular complexity index is 1150. The van der Waals surface area contributed by atoms with Gasteiger partial charge < -0.3 is 10.2 Å². The van der Waals surface area contributed by atoms with Crippen LogP contribution in [-0.4, -0.2) is 23.1 Å². The first kappa shape index (κ1) is 17.9. The van der Waals surface area contributed by atoms with Crippen molar-refractivity contribution in [1.29, 1.82) is 0 Å². The molecule has 3 aromatic carbocycles. The lowest BCUT2D eigenvalue weighted by molar-refractivity contribution is 0.569. The van der Waals surface area contributed by atoms with Gasteiger partial charge in [0.1, 0.15) is 5.82 Å².